The molecule has 0 fully saturated rings. The molecule has 0 N–H and O–H groups in total. The molecule has 0 aliphatic rings. The fourth-order valence-corrected chi connectivity index (χ4v) is 13.3. The average Bonchev–Trinajstić information content (AvgIpc) is 4.01. The number of benzene rings is 3. The summed E-state index contributed by atoms with van der Waals surface area (Å²) in [7, 11) is 0. The topological polar surface area (TPSA) is 51.6 Å². The summed E-state index contributed by atoms with van der Waals surface area (Å²) in [6.07, 6.45) is 16.4. The fraction of sp³-hybridized carbons (Fsp3) is 0.364. The summed E-state index contributed by atoms with van der Waals surface area (Å²) in [5.74, 6) is 1.55. The van der Waals surface area contributed by atoms with Crippen molar-refractivity contribution in [2.75, 3.05) is 0 Å². The standard InChI is InChI=1S/C44H44N4S5/c1-5-9-11-25(7-3)15-31-17-27-19-35-29(21-33(27)49-31)23-37(51-35)39-41-42(46-14-13-45-41)40(44-43(39)47-53-48-44)38-24-30-22-34-28(20-36(30)52-38)18-32(50-34)16-26(8-4)12-10-6-2/h13-14,17-26H,5-12,15-16H2,1-4H3. The minimum atomic E-state index is 0.776. The molecule has 9 heteroatoms. The van der Waals surface area contributed by atoms with Crippen molar-refractivity contribution in [3.8, 4) is 20.9 Å². The number of fused-ring (bicyclic) bond motifs is 6. The van der Waals surface area contributed by atoms with Crippen LogP contribution in [0.5, 0.6) is 0 Å². The molecule has 0 aliphatic heterocycles. The van der Waals surface area contributed by atoms with Crippen LogP contribution in [0.4, 0.5) is 0 Å². The van der Waals surface area contributed by atoms with E-state index >= 15 is 0 Å². The Hall–Kier alpha value is -3.34. The highest BCUT2D eigenvalue weighted by atomic mass is 32.1. The predicted molar refractivity (Wildman–Crippen MR) is 237 cm³/mol. The highest BCUT2D eigenvalue weighted by Gasteiger charge is 2.24. The first-order valence-electron chi connectivity index (χ1n) is 19.3. The molecule has 0 aliphatic carbocycles. The van der Waals surface area contributed by atoms with Gasteiger partial charge in [0, 0.05) is 61.8 Å². The molecule has 0 saturated carbocycles. The van der Waals surface area contributed by atoms with E-state index in [0.29, 0.717) is 0 Å². The van der Waals surface area contributed by atoms with Crippen molar-refractivity contribution in [3.63, 3.8) is 0 Å². The molecule has 6 aromatic heterocycles. The molecule has 53 heavy (non-hydrogen) atoms. The number of aromatic nitrogens is 4. The van der Waals surface area contributed by atoms with E-state index in [9.17, 15) is 0 Å². The van der Waals surface area contributed by atoms with Crippen molar-refractivity contribution in [1.29, 1.82) is 0 Å². The third-order valence-corrected chi connectivity index (χ3v) is 16.1. The molecule has 4 nitrogen and oxygen atoms in total. The van der Waals surface area contributed by atoms with Crippen LogP contribution in [0.1, 0.15) is 88.8 Å². The average molecular weight is 789 g/mol. The first-order valence-corrected chi connectivity index (χ1v) is 23.3. The van der Waals surface area contributed by atoms with Crippen LogP contribution in [-0.2, 0) is 12.8 Å². The zero-order valence-electron chi connectivity index (χ0n) is 30.8. The number of thiophene rings is 4. The zero-order chi connectivity index (χ0) is 36.1. The number of nitrogens with zero attached hydrogens (tertiary/aromatic N) is 4. The van der Waals surface area contributed by atoms with E-state index in [-0.39, 0.29) is 0 Å². The molecule has 2 unspecified atom stereocenters. The minimum Gasteiger partial charge on any atom is -0.252 e. The van der Waals surface area contributed by atoms with Crippen LogP contribution < -0.4 is 0 Å². The van der Waals surface area contributed by atoms with Crippen molar-refractivity contribution >= 4 is 119 Å². The summed E-state index contributed by atoms with van der Waals surface area (Å²) in [5.41, 5.74) is 5.73. The van der Waals surface area contributed by atoms with Gasteiger partial charge < -0.3 is 0 Å². The molecular weight excluding hydrogens is 745 g/mol. The van der Waals surface area contributed by atoms with E-state index in [1.165, 1.54) is 136 Å². The molecule has 0 saturated heterocycles. The maximum absolute atomic E-state index is 5.00. The predicted octanol–water partition coefficient (Wildman–Crippen LogP) is 15.3. The van der Waals surface area contributed by atoms with Crippen molar-refractivity contribution in [2.24, 2.45) is 11.8 Å². The molecule has 0 amide bonds. The monoisotopic (exact) mass is 788 g/mol. The van der Waals surface area contributed by atoms with Crippen molar-refractivity contribution < 1.29 is 0 Å². The minimum absolute atomic E-state index is 0.776. The summed E-state index contributed by atoms with van der Waals surface area (Å²) in [6, 6.07) is 19.1. The second-order valence-corrected chi connectivity index (χ2v) is 19.7. The summed E-state index contributed by atoms with van der Waals surface area (Å²) in [6.45, 7) is 9.28. The van der Waals surface area contributed by atoms with Crippen LogP contribution in [-0.4, -0.2) is 18.7 Å². The van der Waals surface area contributed by atoms with Crippen LogP contribution in [0, 0.1) is 11.8 Å². The molecule has 9 rings (SSSR count). The van der Waals surface area contributed by atoms with E-state index < -0.39 is 0 Å². The molecule has 6 heterocycles. The van der Waals surface area contributed by atoms with Gasteiger partial charge in [0.05, 0.1) is 11.7 Å². The van der Waals surface area contributed by atoms with Crippen molar-refractivity contribution in [1.82, 2.24) is 18.7 Å². The first-order chi connectivity index (χ1) is 26.0. The van der Waals surface area contributed by atoms with E-state index in [1.54, 1.807) is 0 Å². The summed E-state index contributed by atoms with van der Waals surface area (Å²) >= 11 is 8.89. The van der Waals surface area contributed by atoms with Gasteiger partial charge in [-0.05, 0) is 94.8 Å². The third-order valence-electron chi connectivity index (χ3n) is 11.1. The Morgan fingerprint density at radius 1 is 0.491 bits per heavy atom. The second-order valence-electron chi connectivity index (χ2n) is 14.7. The van der Waals surface area contributed by atoms with Gasteiger partial charge in [0.15, 0.2) is 0 Å². The highest BCUT2D eigenvalue weighted by molar-refractivity contribution is 7.24. The Morgan fingerprint density at radius 3 is 1.32 bits per heavy atom. The molecular formula is C44H44N4S5. The van der Waals surface area contributed by atoms with E-state index in [0.717, 1.165) is 45.0 Å². The lowest BCUT2D eigenvalue weighted by Gasteiger charge is -2.12. The number of unbranched alkanes of at least 4 members (excludes halogenated alkanes) is 2. The van der Waals surface area contributed by atoms with Gasteiger partial charge in [0.25, 0.3) is 0 Å². The van der Waals surface area contributed by atoms with Gasteiger partial charge in [0.1, 0.15) is 22.1 Å². The summed E-state index contributed by atoms with van der Waals surface area (Å²) in [4.78, 5) is 15.4. The van der Waals surface area contributed by atoms with E-state index in [4.69, 9.17) is 18.7 Å². The molecule has 0 radical (unpaired) electrons. The normalized spacial score (nSPS) is 13.5. The molecule has 3 aromatic carbocycles. The Kier molecular flexibility index (Phi) is 10.1. The van der Waals surface area contributed by atoms with E-state index in [1.807, 2.05) is 57.7 Å². The third kappa shape index (κ3) is 6.71. The molecule has 270 valence electrons. The molecule has 9 aromatic rings. The van der Waals surface area contributed by atoms with Gasteiger partial charge in [-0.25, -0.2) is 0 Å². The van der Waals surface area contributed by atoms with Gasteiger partial charge in [-0.3, -0.25) is 9.97 Å². The SMILES string of the molecule is CCCCC(CC)Cc1cc2cc3sc(-c4c5nccnc5c(-c5cc6cc7sc(CC(CC)CCCC)cc7cc6s5)c5nsnc45)cc3cc2s1. The summed E-state index contributed by atoms with van der Waals surface area (Å²) < 4.78 is 15.2. The van der Waals surface area contributed by atoms with Crippen molar-refractivity contribution in [3.05, 3.63) is 70.7 Å². The first kappa shape index (κ1) is 35.4. The lowest BCUT2D eigenvalue weighted by atomic mass is 9.95. The smallest absolute Gasteiger partial charge is 0.116 e. The fourth-order valence-electron chi connectivity index (χ4n) is 8.07. The van der Waals surface area contributed by atoms with Crippen LogP contribution in [0.2, 0.25) is 0 Å². The van der Waals surface area contributed by atoms with Gasteiger partial charge in [-0.1, -0.05) is 79.1 Å². The van der Waals surface area contributed by atoms with Crippen molar-refractivity contribution in [2.45, 2.75) is 91.9 Å². The largest absolute Gasteiger partial charge is 0.252 e. The second kappa shape index (κ2) is 15.1. The van der Waals surface area contributed by atoms with Gasteiger partial charge >= 0.3 is 0 Å². The lowest BCUT2D eigenvalue weighted by Crippen LogP contribution is -2.01. The van der Waals surface area contributed by atoms with Gasteiger partial charge in [-0.2, -0.15) is 8.75 Å². The van der Waals surface area contributed by atoms with Crippen LogP contribution in [0.15, 0.2) is 60.9 Å². The maximum atomic E-state index is 5.00. The number of hydrogen-bond acceptors (Lipinski definition) is 9. The molecule has 0 spiro atoms. The van der Waals surface area contributed by atoms with Gasteiger partial charge in [-0.15, -0.1) is 45.3 Å². The van der Waals surface area contributed by atoms with E-state index in [2.05, 4.69) is 76.2 Å². The zero-order valence-corrected chi connectivity index (χ0v) is 34.9. The number of hydrogen-bond donors (Lipinski definition) is 0. The van der Waals surface area contributed by atoms with Crippen LogP contribution in [0.3, 0.4) is 0 Å². The highest BCUT2D eigenvalue weighted by Crippen LogP contribution is 2.48. The number of rotatable bonds is 14. The quantitative estimate of drug-likeness (QED) is 0.110. The van der Waals surface area contributed by atoms with Crippen LogP contribution >= 0.6 is 57.1 Å². The lowest BCUT2D eigenvalue weighted by molar-refractivity contribution is 0.452. The van der Waals surface area contributed by atoms with Crippen LogP contribution in [0.25, 0.3) is 83.3 Å². The Balaban J connectivity index is 1.09. The Bertz CT molecular complexity index is 2440. The maximum Gasteiger partial charge on any atom is 0.116 e. The molecule has 2 atom stereocenters. The van der Waals surface area contributed by atoms with Gasteiger partial charge in [0.2, 0.25) is 0 Å². The summed E-state index contributed by atoms with van der Waals surface area (Å²) in [5, 5.41) is 5.27. The Labute approximate surface area is 331 Å². The Morgan fingerprint density at radius 2 is 0.906 bits per heavy atom. The molecule has 0 bridgehead atoms.